The van der Waals surface area contributed by atoms with Crippen molar-refractivity contribution in [2.75, 3.05) is 11.6 Å². The van der Waals surface area contributed by atoms with Crippen molar-refractivity contribution >= 4 is 23.4 Å². The average molecular weight is 279 g/mol. The number of alkyl halides is 1. The minimum atomic E-state index is 0.470. The fourth-order valence-electron chi connectivity index (χ4n) is 4.26. The lowest BCUT2D eigenvalue weighted by atomic mass is 9.76. The fourth-order valence-corrected chi connectivity index (χ4v) is 5.84. The molecule has 1 aromatic rings. The Bertz CT molecular complexity index is 460. The van der Waals surface area contributed by atoms with Gasteiger partial charge in [-0.1, -0.05) is 18.2 Å². The fraction of sp³-hybridized carbons (Fsp3) is 0.625. The molecule has 0 radical (unpaired) electrons. The van der Waals surface area contributed by atoms with E-state index in [1.807, 2.05) is 11.8 Å². The molecule has 0 spiro atoms. The maximum atomic E-state index is 6.35. The van der Waals surface area contributed by atoms with Gasteiger partial charge in [0.15, 0.2) is 0 Å². The van der Waals surface area contributed by atoms with Crippen LogP contribution in [0, 0.1) is 17.3 Å². The van der Waals surface area contributed by atoms with Crippen LogP contribution in [0.3, 0.4) is 0 Å². The second-order valence-corrected chi connectivity index (χ2v) is 7.88. The molecule has 4 rings (SSSR count). The Hall–Kier alpha value is -0.140. The first-order valence-electron chi connectivity index (χ1n) is 7.07. The van der Waals surface area contributed by atoms with E-state index in [1.54, 1.807) is 5.56 Å². The molecule has 0 N–H and O–H groups in total. The summed E-state index contributed by atoms with van der Waals surface area (Å²) in [7, 11) is 0. The van der Waals surface area contributed by atoms with Gasteiger partial charge in [-0.2, -0.15) is 0 Å². The molecule has 0 aromatic heterocycles. The van der Waals surface area contributed by atoms with Gasteiger partial charge in [0.1, 0.15) is 0 Å². The molecule has 3 atom stereocenters. The maximum Gasteiger partial charge on any atom is 0.0280 e. The van der Waals surface area contributed by atoms with Gasteiger partial charge in [-0.3, -0.25) is 0 Å². The summed E-state index contributed by atoms with van der Waals surface area (Å²) in [6.07, 6.45) is 5.64. The predicted octanol–water partition coefficient (Wildman–Crippen LogP) is 4.92. The number of hydrogen-bond acceptors (Lipinski definition) is 1. The van der Waals surface area contributed by atoms with E-state index in [9.17, 15) is 0 Å². The van der Waals surface area contributed by atoms with E-state index in [4.69, 9.17) is 11.6 Å². The van der Waals surface area contributed by atoms with E-state index in [2.05, 4.69) is 24.3 Å². The van der Waals surface area contributed by atoms with Crippen LogP contribution < -0.4 is 0 Å². The van der Waals surface area contributed by atoms with E-state index < -0.39 is 0 Å². The molecule has 2 aliphatic carbocycles. The Labute approximate surface area is 118 Å². The number of benzene rings is 1. The SMILES string of the molecule is ClCC1(CC2CSc3ccccc32)CC2CC2C1. The third kappa shape index (κ3) is 1.82. The first-order chi connectivity index (χ1) is 8.80. The molecule has 0 nitrogen and oxygen atoms in total. The highest BCUT2D eigenvalue weighted by Gasteiger charge is 2.53. The summed E-state index contributed by atoms with van der Waals surface area (Å²) < 4.78 is 0. The lowest BCUT2D eigenvalue weighted by molar-refractivity contribution is 0.263. The second kappa shape index (κ2) is 4.18. The number of hydrogen-bond donors (Lipinski definition) is 0. The van der Waals surface area contributed by atoms with Crippen LogP contribution >= 0.6 is 23.4 Å². The molecule has 1 heterocycles. The molecule has 0 amide bonds. The summed E-state index contributed by atoms with van der Waals surface area (Å²) >= 11 is 8.39. The van der Waals surface area contributed by atoms with Crippen molar-refractivity contribution in [3.05, 3.63) is 29.8 Å². The molecule has 2 heteroatoms. The van der Waals surface area contributed by atoms with E-state index in [1.165, 1.54) is 36.3 Å². The Balaban J connectivity index is 1.55. The summed E-state index contributed by atoms with van der Waals surface area (Å²) in [6.45, 7) is 0. The topological polar surface area (TPSA) is 0 Å². The summed E-state index contributed by atoms with van der Waals surface area (Å²) in [5.41, 5.74) is 2.06. The highest BCUT2D eigenvalue weighted by Crippen LogP contribution is 2.63. The molecule has 1 aromatic carbocycles. The molecule has 2 fully saturated rings. The third-order valence-electron chi connectivity index (χ3n) is 5.22. The molecule has 18 heavy (non-hydrogen) atoms. The predicted molar refractivity (Wildman–Crippen MR) is 78.5 cm³/mol. The van der Waals surface area contributed by atoms with Gasteiger partial charge in [-0.05, 0) is 60.5 Å². The van der Waals surface area contributed by atoms with Crippen molar-refractivity contribution in [1.29, 1.82) is 0 Å². The quantitative estimate of drug-likeness (QED) is 0.707. The normalized spacial score (nSPS) is 40.6. The van der Waals surface area contributed by atoms with E-state index in [0.717, 1.165) is 23.6 Å². The molecule has 96 valence electrons. The van der Waals surface area contributed by atoms with Crippen LogP contribution in [0.2, 0.25) is 0 Å². The zero-order chi connectivity index (χ0) is 12.2. The van der Waals surface area contributed by atoms with Crippen molar-refractivity contribution < 1.29 is 0 Å². The van der Waals surface area contributed by atoms with Gasteiger partial charge in [0, 0.05) is 16.5 Å². The molecule has 3 aliphatic rings. The third-order valence-corrected chi connectivity index (χ3v) is 7.04. The van der Waals surface area contributed by atoms with Gasteiger partial charge in [0.05, 0.1) is 0 Å². The first-order valence-corrected chi connectivity index (χ1v) is 8.59. The van der Waals surface area contributed by atoms with Crippen LogP contribution in [0.4, 0.5) is 0 Å². The van der Waals surface area contributed by atoms with Crippen molar-refractivity contribution in [3.8, 4) is 0 Å². The molecule has 0 bridgehead atoms. The van der Waals surface area contributed by atoms with Crippen molar-refractivity contribution in [2.45, 2.75) is 36.5 Å². The molecule has 3 unspecified atom stereocenters. The molecule has 1 aliphatic heterocycles. The van der Waals surface area contributed by atoms with Crippen LogP contribution in [-0.2, 0) is 0 Å². The van der Waals surface area contributed by atoms with E-state index >= 15 is 0 Å². The van der Waals surface area contributed by atoms with Crippen LogP contribution in [0.25, 0.3) is 0 Å². The Morgan fingerprint density at radius 2 is 2.00 bits per heavy atom. The Morgan fingerprint density at radius 3 is 2.78 bits per heavy atom. The minimum Gasteiger partial charge on any atom is -0.126 e. The Kier molecular flexibility index (Phi) is 2.71. The Morgan fingerprint density at radius 1 is 1.22 bits per heavy atom. The number of thioether (sulfide) groups is 1. The minimum absolute atomic E-state index is 0.470. The maximum absolute atomic E-state index is 6.35. The average Bonchev–Trinajstić information content (AvgIpc) is 2.86. The van der Waals surface area contributed by atoms with Crippen molar-refractivity contribution in [3.63, 3.8) is 0 Å². The molecular weight excluding hydrogens is 260 g/mol. The standard InChI is InChI=1S/C16H19ClS/c17-10-16(6-11-5-12(11)7-16)8-13-9-18-15-4-2-1-3-14(13)15/h1-4,11-13H,5-10H2. The van der Waals surface area contributed by atoms with E-state index in [0.29, 0.717) is 5.41 Å². The highest BCUT2D eigenvalue weighted by atomic mass is 35.5. The first kappa shape index (κ1) is 11.7. The van der Waals surface area contributed by atoms with Gasteiger partial charge in [-0.25, -0.2) is 0 Å². The summed E-state index contributed by atoms with van der Waals surface area (Å²) in [5.74, 6) is 4.97. The molecular formula is C16H19ClS. The van der Waals surface area contributed by atoms with Gasteiger partial charge < -0.3 is 0 Å². The van der Waals surface area contributed by atoms with Crippen LogP contribution in [0.5, 0.6) is 0 Å². The van der Waals surface area contributed by atoms with Crippen LogP contribution in [0.15, 0.2) is 29.2 Å². The van der Waals surface area contributed by atoms with E-state index in [-0.39, 0.29) is 0 Å². The van der Waals surface area contributed by atoms with Crippen LogP contribution in [0.1, 0.15) is 37.2 Å². The zero-order valence-corrected chi connectivity index (χ0v) is 12.1. The summed E-state index contributed by atoms with van der Waals surface area (Å²) in [6, 6.07) is 8.96. The summed E-state index contributed by atoms with van der Waals surface area (Å²) in [4.78, 5) is 1.51. The lowest BCUT2D eigenvalue weighted by Crippen LogP contribution is -2.24. The molecule has 2 saturated carbocycles. The van der Waals surface area contributed by atoms with Gasteiger partial charge in [0.25, 0.3) is 0 Å². The van der Waals surface area contributed by atoms with Crippen molar-refractivity contribution in [1.82, 2.24) is 0 Å². The summed E-state index contributed by atoms with van der Waals surface area (Å²) in [5, 5.41) is 0. The number of halogens is 1. The van der Waals surface area contributed by atoms with Gasteiger partial charge >= 0.3 is 0 Å². The highest BCUT2D eigenvalue weighted by molar-refractivity contribution is 7.99. The van der Waals surface area contributed by atoms with Gasteiger partial charge in [-0.15, -0.1) is 23.4 Å². The monoisotopic (exact) mass is 278 g/mol. The molecule has 0 saturated heterocycles. The number of fused-ring (bicyclic) bond motifs is 2. The smallest absolute Gasteiger partial charge is 0.0280 e. The zero-order valence-electron chi connectivity index (χ0n) is 10.6. The van der Waals surface area contributed by atoms with Gasteiger partial charge in [0.2, 0.25) is 0 Å². The lowest BCUT2D eigenvalue weighted by Gasteiger charge is -2.31. The number of rotatable bonds is 3. The second-order valence-electron chi connectivity index (χ2n) is 6.55. The van der Waals surface area contributed by atoms with Crippen molar-refractivity contribution in [2.24, 2.45) is 17.3 Å². The largest absolute Gasteiger partial charge is 0.126 e. The van der Waals surface area contributed by atoms with Crippen LogP contribution in [-0.4, -0.2) is 11.6 Å².